The van der Waals surface area contributed by atoms with Gasteiger partial charge in [-0.15, -0.1) is 0 Å². The molecule has 0 N–H and O–H groups in total. The smallest absolute Gasteiger partial charge is 0.374 e. The van der Waals surface area contributed by atoms with Crippen molar-refractivity contribution >= 4 is 69.6 Å². The van der Waals surface area contributed by atoms with Gasteiger partial charge in [0, 0.05) is 101 Å². The molecule has 52 heavy (non-hydrogen) atoms. The minimum absolute atomic E-state index is 0.638. The van der Waals surface area contributed by atoms with E-state index in [-0.39, 0.29) is 0 Å². The van der Waals surface area contributed by atoms with Gasteiger partial charge in [-0.25, -0.2) is 0 Å². The second kappa shape index (κ2) is 32.6. The van der Waals surface area contributed by atoms with Crippen LogP contribution in [0.5, 0.6) is 0 Å². The summed E-state index contributed by atoms with van der Waals surface area (Å²) in [6.07, 6.45) is 9.81. The van der Waals surface area contributed by atoms with Gasteiger partial charge in [0.25, 0.3) is 0 Å². The van der Waals surface area contributed by atoms with Crippen molar-refractivity contribution in [1.29, 1.82) is 0 Å². The maximum atomic E-state index is 6.25. The molecule has 0 aromatic rings. The van der Waals surface area contributed by atoms with Gasteiger partial charge in [-0.3, -0.25) is 0 Å². The fourth-order valence-corrected chi connectivity index (χ4v) is 20.1. The molecule has 16 heteroatoms. The zero-order valence-electron chi connectivity index (χ0n) is 34.5. The van der Waals surface area contributed by atoms with Gasteiger partial charge >= 0.3 is 26.4 Å². The molecule has 1 fully saturated rings. The summed E-state index contributed by atoms with van der Waals surface area (Å²) < 4.78 is 55.1. The van der Waals surface area contributed by atoms with Gasteiger partial charge in [-0.2, -0.15) is 0 Å². The molecule has 9 nitrogen and oxygen atoms in total. The molecule has 312 valence electrons. The highest BCUT2D eigenvalue weighted by molar-refractivity contribution is 8.77. The van der Waals surface area contributed by atoms with Crippen molar-refractivity contribution in [3.8, 4) is 0 Å². The maximum Gasteiger partial charge on any atom is 0.500 e. The molecule has 0 aliphatic heterocycles. The monoisotopic (exact) mass is 866 g/mol. The standard InChI is InChI=1S/C36H78O9S4Si3/c1-10-37-50(38-11-2,39-12-3)30-19-26-46-48-28-23-34-21-22-35(25-32-52(43-16-7,44-17-8)45-18-9)36(33-34)24-29-49-47-27-20-31-51(40-13-4,41-14-5)42-15-6/h34-36H,10-33H2,1-9H3. The molecule has 3 unspecified atom stereocenters. The summed E-state index contributed by atoms with van der Waals surface area (Å²) in [5, 5.41) is 0. The van der Waals surface area contributed by atoms with Gasteiger partial charge in [-0.1, -0.05) is 49.6 Å². The topological polar surface area (TPSA) is 83.1 Å². The van der Waals surface area contributed by atoms with Crippen molar-refractivity contribution in [1.82, 2.24) is 0 Å². The normalized spacial score (nSPS) is 18.8. The summed E-state index contributed by atoms with van der Waals surface area (Å²) >= 11 is 0. The van der Waals surface area contributed by atoms with E-state index in [2.05, 4.69) is 20.8 Å². The average molecular weight is 868 g/mol. The van der Waals surface area contributed by atoms with E-state index in [9.17, 15) is 0 Å². The van der Waals surface area contributed by atoms with Gasteiger partial charge in [-0.05, 0) is 125 Å². The molecule has 0 aromatic heterocycles. The van der Waals surface area contributed by atoms with Crippen LogP contribution in [-0.4, -0.2) is 109 Å². The molecule has 0 amide bonds. The summed E-state index contributed by atoms with van der Waals surface area (Å²) in [5.41, 5.74) is 0. The van der Waals surface area contributed by atoms with Crippen LogP contribution in [0.15, 0.2) is 0 Å². The highest BCUT2D eigenvalue weighted by Crippen LogP contribution is 2.43. The number of rotatable bonds is 37. The first-order chi connectivity index (χ1) is 25.3. The third-order valence-corrected chi connectivity index (χ3v) is 23.6. The SMILES string of the molecule is CCO[Si](CCCSSCCC1CCC(CC[Si](OCC)(OCC)OCC)C(CCSSCCC[Si](OCC)(OCC)OCC)C1)(OCC)OCC. The Balaban J connectivity index is 2.68. The first-order valence-corrected chi connectivity index (χ1v) is 31.3. The van der Waals surface area contributed by atoms with Gasteiger partial charge in [0.05, 0.1) is 0 Å². The fourth-order valence-electron chi connectivity index (χ4n) is 7.13. The Labute approximate surface area is 339 Å². The lowest BCUT2D eigenvalue weighted by molar-refractivity contribution is 0.0660. The lowest BCUT2D eigenvalue weighted by Crippen LogP contribution is -2.46. The van der Waals surface area contributed by atoms with Crippen molar-refractivity contribution in [2.45, 2.75) is 132 Å². The van der Waals surface area contributed by atoms with E-state index >= 15 is 0 Å². The van der Waals surface area contributed by atoms with Crippen LogP contribution in [-0.2, 0) is 39.8 Å². The minimum Gasteiger partial charge on any atom is -0.374 e. The Bertz CT molecular complexity index is 780. The van der Waals surface area contributed by atoms with E-state index in [1.165, 1.54) is 43.6 Å². The molecule has 1 aliphatic carbocycles. The first kappa shape index (κ1) is 51.7. The predicted octanol–water partition coefficient (Wildman–Crippen LogP) is 10.9. The minimum atomic E-state index is -2.64. The average Bonchev–Trinajstić information content (AvgIpc) is 3.11. The Morgan fingerprint density at radius 2 is 0.731 bits per heavy atom. The molecule has 0 saturated heterocycles. The molecule has 1 aliphatic rings. The van der Waals surface area contributed by atoms with Crippen LogP contribution >= 0.6 is 43.2 Å². The quantitative estimate of drug-likeness (QED) is 0.0338. The van der Waals surface area contributed by atoms with E-state index in [1.54, 1.807) is 0 Å². The molecule has 0 radical (unpaired) electrons. The summed E-state index contributed by atoms with van der Waals surface area (Å²) in [5.74, 6) is 6.86. The van der Waals surface area contributed by atoms with Crippen molar-refractivity contribution in [2.24, 2.45) is 17.8 Å². The molecule has 3 atom stereocenters. The molecule has 0 bridgehead atoms. The molecule has 1 saturated carbocycles. The van der Waals surface area contributed by atoms with Crippen LogP contribution in [0.4, 0.5) is 0 Å². The van der Waals surface area contributed by atoms with Crippen LogP contribution in [0.3, 0.4) is 0 Å². The van der Waals surface area contributed by atoms with Gasteiger partial charge in [0.15, 0.2) is 0 Å². The zero-order valence-corrected chi connectivity index (χ0v) is 40.8. The zero-order chi connectivity index (χ0) is 38.4. The lowest BCUT2D eigenvalue weighted by atomic mass is 9.71. The highest BCUT2D eigenvalue weighted by Gasteiger charge is 2.43. The van der Waals surface area contributed by atoms with E-state index in [1.807, 2.05) is 84.7 Å². The molecular formula is C36H78O9S4Si3. The Morgan fingerprint density at radius 1 is 0.385 bits per heavy atom. The summed E-state index contributed by atoms with van der Waals surface area (Å²) in [7, 11) is 0.355. The van der Waals surface area contributed by atoms with Gasteiger partial charge in [0.1, 0.15) is 0 Å². The number of hydrogen-bond acceptors (Lipinski definition) is 13. The number of hydrogen-bond donors (Lipinski definition) is 0. The second-order valence-electron chi connectivity index (χ2n) is 12.8. The van der Waals surface area contributed by atoms with E-state index in [0.717, 1.165) is 60.7 Å². The maximum absolute atomic E-state index is 6.25. The van der Waals surface area contributed by atoms with Gasteiger partial charge < -0.3 is 39.8 Å². The second-order valence-corrected chi connectivity index (χ2v) is 26.4. The van der Waals surface area contributed by atoms with Crippen LogP contribution in [0.1, 0.15) is 114 Å². The van der Waals surface area contributed by atoms with Gasteiger partial charge in [0.2, 0.25) is 0 Å². The van der Waals surface area contributed by atoms with Crippen LogP contribution < -0.4 is 0 Å². The molecular weight excluding hydrogens is 789 g/mol. The van der Waals surface area contributed by atoms with Crippen LogP contribution in [0, 0.1) is 17.8 Å². The van der Waals surface area contributed by atoms with Crippen LogP contribution in [0.2, 0.25) is 18.1 Å². The Kier molecular flexibility index (Phi) is 32.4. The lowest BCUT2D eigenvalue weighted by Gasteiger charge is -2.38. The Morgan fingerprint density at radius 3 is 1.12 bits per heavy atom. The molecule has 0 aromatic carbocycles. The summed E-state index contributed by atoms with van der Waals surface area (Å²) in [6, 6.07) is 2.71. The van der Waals surface area contributed by atoms with E-state index in [4.69, 9.17) is 39.8 Å². The third kappa shape index (κ3) is 21.4. The largest absolute Gasteiger partial charge is 0.500 e. The van der Waals surface area contributed by atoms with Crippen molar-refractivity contribution < 1.29 is 39.8 Å². The predicted molar refractivity (Wildman–Crippen MR) is 234 cm³/mol. The fraction of sp³-hybridized carbons (Fsp3) is 1.00. The van der Waals surface area contributed by atoms with Crippen molar-refractivity contribution in [2.75, 3.05) is 82.5 Å². The summed E-state index contributed by atoms with van der Waals surface area (Å²) in [6.45, 7) is 24.1. The van der Waals surface area contributed by atoms with Crippen molar-refractivity contribution in [3.05, 3.63) is 0 Å². The summed E-state index contributed by atoms with van der Waals surface area (Å²) in [4.78, 5) is 0. The van der Waals surface area contributed by atoms with Crippen LogP contribution in [0.25, 0.3) is 0 Å². The van der Waals surface area contributed by atoms with Crippen molar-refractivity contribution in [3.63, 3.8) is 0 Å². The van der Waals surface area contributed by atoms with E-state index in [0.29, 0.717) is 65.4 Å². The molecule has 0 heterocycles. The molecule has 0 spiro atoms. The Hall–Kier alpha value is 1.69. The van der Waals surface area contributed by atoms with E-state index < -0.39 is 26.4 Å². The third-order valence-electron chi connectivity index (χ3n) is 9.12. The first-order valence-electron chi connectivity index (χ1n) is 20.5. The molecule has 1 rings (SSSR count). The highest BCUT2D eigenvalue weighted by atomic mass is 33.1.